The molecule has 0 bridgehead atoms. The van der Waals surface area contributed by atoms with Gasteiger partial charge in [0.05, 0.1) is 0 Å². The van der Waals surface area contributed by atoms with Crippen LogP contribution in [0.1, 0.15) is 91.1 Å². The molecule has 0 fully saturated rings. The maximum absolute atomic E-state index is 13.7. The molecule has 0 aromatic heterocycles. The lowest BCUT2D eigenvalue weighted by Crippen LogP contribution is -2.54. The zero-order chi connectivity index (χ0) is 24.2. The highest BCUT2D eigenvalue weighted by atomic mass is 16.5. The van der Waals surface area contributed by atoms with Crippen molar-refractivity contribution in [3.8, 4) is 5.75 Å². The summed E-state index contributed by atoms with van der Waals surface area (Å²) < 4.78 is 5.91. The molecule has 0 saturated heterocycles. The summed E-state index contributed by atoms with van der Waals surface area (Å²) in [6.07, 6.45) is 1.82. The Kier molecular flexibility index (Phi) is 7.46. The second-order valence-corrected chi connectivity index (χ2v) is 8.74. The Morgan fingerprint density at radius 2 is 1.55 bits per heavy atom. The summed E-state index contributed by atoms with van der Waals surface area (Å²) in [5, 5.41) is 2.76. The molecule has 1 amide bonds. The van der Waals surface area contributed by atoms with Crippen molar-refractivity contribution in [1.29, 1.82) is 0 Å². The van der Waals surface area contributed by atoms with Gasteiger partial charge in [-0.15, -0.1) is 0 Å². The summed E-state index contributed by atoms with van der Waals surface area (Å²) in [5.41, 5.74) is -0.205. The van der Waals surface area contributed by atoms with Crippen molar-refractivity contribution >= 4 is 23.3 Å². The van der Waals surface area contributed by atoms with Crippen molar-refractivity contribution in [2.45, 2.75) is 64.8 Å². The number of fused-ring (bicyclic) bond motifs is 1. The predicted octanol–water partition coefficient (Wildman–Crippen LogP) is 4.75. The fourth-order valence-electron chi connectivity index (χ4n) is 4.15. The van der Waals surface area contributed by atoms with E-state index in [0.717, 1.165) is 5.56 Å². The molecule has 0 unspecified atom stereocenters. The van der Waals surface area contributed by atoms with Gasteiger partial charge in [-0.3, -0.25) is 19.2 Å². The third kappa shape index (κ3) is 4.61. The number of rotatable bonds is 10. The van der Waals surface area contributed by atoms with E-state index in [9.17, 15) is 19.2 Å². The van der Waals surface area contributed by atoms with Crippen LogP contribution in [-0.4, -0.2) is 29.9 Å². The maximum atomic E-state index is 13.7. The Morgan fingerprint density at radius 3 is 2.09 bits per heavy atom. The summed E-state index contributed by atoms with van der Waals surface area (Å²) in [7, 11) is 0. The Hall–Kier alpha value is -3.28. The number of ether oxygens (including phenoxy) is 1. The number of hydrogen-bond acceptors (Lipinski definition) is 5. The highest BCUT2D eigenvalue weighted by Crippen LogP contribution is 2.42. The number of Topliss-reactive ketones (excluding diaryl/α,β-unsaturated/α-hetero) is 3. The molecule has 6 nitrogen and oxygen atoms in total. The fraction of sp³-hybridized carbons (Fsp3) is 0.407. The maximum Gasteiger partial charge on any atom is 0.221 e. The van der Waals surface area contributed by atoms with Crippen molar-refractivity contribution in [2.75, 3.05) is 6.61 Å². The van der Waals surface area contributed by atoms with Gasteiger partial charge in [0.25, 0.3) is 0 Å². The summed E-state index contributed by atoms with van der Waals surface area (Å²) in [6.45, 7) is 7.62. The summed E-state index contributed by atoms with van der Waals surface area (Å²) in [6, 6.07) is 11.8. The first kappa shape index (κ1) is 24.4. The van der Waals surface area contributed by atoms with E-state index in [1.165, 1.54) is 0 Å². The lowest BCUT2D eigenvalue weighted by Gasteiger charge is -2.30. The second kappa shape index (κ2) is 10.1. The van der Waals surface area contributed by atoms with Crippen LogP contribution in [0, 0.1) is 0 Å². The van der Waals surface area contributed by atoms with Gasteiger partial charge in [-0.2, -0.15) is 0 Å². The highest BCUT2D eigenvalue weighted by molar-refractivity contribution is 6.34. The van der Waals surface area contributed by atoms with Gasteiger partial charge < -0.3 is 10.1 Å². The molecule has 1 aliphatic carbocycles. The van der Waals surface area contributed by atoms with Crippen LogP contribution in [0.15, 0.2) is 42.5 Å². The molecule has 6 heteroatoms. The number of hydrogen-bond donors (Lipinski definition) is 1. The van der Waals surface area contributed by atoms with E-state index >= 15 is 0 Å². The molecular weight excluding hydrogens is 418 g/mol. The van der Waals surface area contributed by atoms with Crippen molar-refractivity contribution in [3.63, 3.8) is 0 Å². The van der Waals surface area contributed by atoms with E-state index in [2.05, 4.69) is 5.32 Å². The van der Waals surface area contributed by atoms with Crippen LogP contribution in [0.4, 0.5) is 0 Å². The molecule has 1 aliphatic rings. The molecular formula is C27H31NO5. The monoisotopic (exact) mass is 449 g/mol. The number of carbonyl (C=O) groups is 4. The van der Waals surface area contributed by atoms with Gasteiger partial charge in [-0.25, -0.2) is 0 Å². The van der Waals surface area contributed by atoms with Crippen LogP contribution in [0.3, 0.4) is 0 Å². The average Bonchev–Trinajstić information content (AvgIpc) is 3.00. The van der Waals surface area contributed by atoms with Crippen molar-refractivity contribution in [1.82, 2.24) is 5.32 Å². The second-order valence-electron chi connectivity index (χ2n) is 8.74. The molecule has 0 saturated carbocycles. The molecule has 0 aliphatic heterocycles. The minimum absolute atomic E-state index is 0.0742. The van der Waals surface area contributed by atoms with E-state index in [1.807, 2.05) is 33.8 Å². The molecule has 2 aromatic carbocycles. The lowest BCUT2D eigenvalue weighted by atomic mass is 9.82. The van der Waals surface area contributed by atoms with Crippen LogP contribution in [-0.2, 0) is 15.1 Å². The number of amides is 1. The van der Waals surface area contributed by atoms with Crippen LogP contribution in [0.25, 0.3) is 0 Å². The zero-order valence-electron chi connectivity index (χ0n) is 19.7. The Morgan fingerprint density at radius 1 is 0.939 bits per heavy atom. The zero-order valence-corrected chi connectivity index (χ0v) is 19.7. The SMILES string of the molecule is CCCC(=O)COc1cc(C(C)C)ccc1C1(NC(=O)CCC)C(=O)c2ccccc2C1=O. The minimum atomic E-state index is -1.92. The summed E-state index contributed by atoms with van der Waals surface area (Å²) in [4.78, 5) is 52.4. The molecule has 0 spiro atoms. The smallest absolute Gasteiger partial charge is 0.221 e. The van der Waals surface area contributed by atoms with Gasteiger partial charge in [0.2, 0.25) is 17.5 Å². The van der Waals surface area contributed by atoms with Gasteiger partial charge >= 0.3 is 0 Å². The van der Waals surface area contributed by atoms with Crippen molar-refractivity contribution in [3.05, 3.63) is 64.7 Å². The van der Waals surface area contributed by atoms with Gasteiger partial charge in [-0.1, -0.05) is 64.1 Å². The largest absolute Gasteiger partial charge is 0.485 e. The standard InChI is InChI=1S/C27H31NO5/c1-5-9-19(29)16-33-23-15-18(17(3)4)13-14-22(23)27(28-24(30)10-6-2)25(31)20-11-7-8-12-21(20)26(27)32/h7-8,11-15,17H,5-6,9-10,16H2,1-4H3,(H,28,30). The molecule has 2 aromatic rings. The van der Waals surface area contributed by atoms with Crippen LogP contribution in [0.5, 0.6) is 5.75 Å². The molecule has 0 atom stereocenters. The Labute approximate surface area is 194 Å². The molecule has 3 rings (SSSR count). The molecule has 33 heavy (non-hydrogen) atoms. The first-order chi connectivity index (χ1) is 15.8. The Bertz CT molecular complexity index is 1050. The number of benzene rings is 2. The third-order valence-electron chi connectivity index (χ3n) is 5.90. The van der Waals surface area contributed by atoms with E-state index in [-0.39, 0.29) is 47.2 Å². The third-order valence-corrected chi connectivity index (χ3v) is 5.90. The minimum Gasteiger partial charge on any atom is -0.485 e. The quantitative estimate of drug-likeness (QED) is 0.529. The van der Waals surface area contributed by atoms with E-state index in [0.29, 0.717) is 19.3 Å². The molecule has 174 valence electrons. The number of nitrogens with one attached hydrogen (secondary N) is 1. The van der Waals surface area contributed by atoms with Gasteiger partial charge in [-0.05, 0) is 30.4 Å². The van der Waals surface area contributed by atoms with E-state index in [4.69, 9.17) is 4.74 Å². The number of carbonyl (C=O) groups excluding carboxylic acids is 4. The van der Waals surface area contributed by atoms with Crippen LogP contribution >= 0.6 is 0 Å². The van der Waals surface area contributed by atoms with Crippen LogP contribution < -0.4 is 10.1 Å². The first-order valence-electron chi connectivity index (χ1n) is 11.5. The van der Waals surface area contributed by atoms with Gasteiger partial charge in [0.1, 0.15) is 12.4 Å². The number of ketones is 3. The predicted molar refractivity (Wildman–Crippen MR) is 126 cm³/mol. The van der Waals surface area contributed by atoms with Crippen molar-refractivity contribution < 1.29 is 23.9 Å². The molecule has 1 N–H and O–H groups in total. The summed E-state index contributed by atoms with van der Waals surface area (Å²) in [5.74, 6) is -1.03. The van der Waals surface area contributed by atoms with Gasteiger partial charge in [0.15, 0.2) is 11.3 Å². The summed E-state index contributed by atoms with van der Waals surface area (Å²) >= 11 is 0. The topological polar surface area (TPSA) is 89.5 Å². The van der Waals surface area contributed by atoms with Crippen molar-refractivity contribution in [2.24, 2.45) is 0 Å². The van der Waals surface area contributed by atoms with E-state index < -0.39 is 23.0 Å². The van der Waals surface area contributed by atoms with E-state index in [1.54, 1.807) is 36.4 Å². The lowest BCUT2D eigenvalue weighted by molar-refractivity contribution is -0.123. The van der Waals surface area contributed by atoms with Crippen LogP contribution in [0.2, 0.25) is 0 Å². The van der Waals surface area contributed by atoms with Gasteiger partial charge in [0, 0.05) is 29.5 Å². The molecule has 0 heterocycles. The first-order valence-corrected chi connectivity index (χ1v) is 11.5. The fourth-order valence-corrected chi connectivity index (χ4v) is 4.15. The highest BCUT2D eigenvalue weighted by Gasteiger charge is 2.56. The average molecular weight is 450 g/mol. The Balaban J connectivity index is 2.18. The normalized spacial score (nSPS) is 14.3. The molecule has 0 radical (unpaired) electrons.